The van der Waals surface area contributed by atoms with Crippen LogP contribution >= 0.6 is 0 Å². The van der Waals surface area contributed by atoms with E-state index in [2.05, 4.69) is 10.3 Å². The van der Waals surface area contributed by atoms with E-state index in [4.69, 9.17) is 13.9 Å². The van der Waals surface area contributed by atoms with E-state index < -0.39 is 0 Å². The molecule has 1 aromatic heterocycles. The van der Waals surface area contributed by atoms with Crippen LogP contribution in [0, 0.1) is 5.82 Å². The van der Waals surface area contributed by atoms with Gasteiger partial charge in [0.25, 0.3) is 0 Å². The van der Waals surface area contributed by atoms with Gasteiger partial charge in [-0.3, -0.25) is 4.79 Å². The van der Waals surface area contributed by atoms with Crippen LogP contribution in [-0.4, -0.2) is 24.1 Å². The molecule has 0 radical (unpaired) electrons. The van der Waals surface area contributed by atoms with Crippen molar-refractivity contribution in [3.05, 3.63) is 60.4 Å². The van der Waals surface area contributed by atoms with Crippen molar-refractivity contribution < 1.29 is 23.1 Å². The lowest BCUT2D eigenvalue weighted by atomic mass is 10.2. The summed E-state index contributed by atoms with van der Waals surface area (Å²) in [5, 5.41) is 2.87. The summed E-state index contributed by atoms with van der Waals surface area (Å²) in [6.45, 7) is 5.24. The Labute approximate surface area is 181 Å². The van der Waals surface area contributed by atoms with E-state index in [-0.39, 0.29) is 18.1 Å². The Kier molecular flexibility index (Phi) is 8.04. The Morgan fingerprint density at radius 2 is 1.74 bits per heavy atom. The van der Waals surface area contributed by atoms with Crippen LogP contribution in [0.2, 0.25) is 0 Å². The van der Waals surface area contributed by atoms with Crippen molar-refractivity contribution in [1.29, 1.82) is 0 Å². The molecule has 7 heteroatoms. The Hall–Kier alpha value is -3.35. The van der Waals surface area contributed by atoms with Gasteiger partial charge >= 0.3 is 0 Å². The quantitative estimate of drug-likeness (QED) is 0.430. The molecule has 0 unspecified atom stereocenters. The molecule has 0 fully saturated rings. The van der Waals surface area contributed by atoms with Gasteiger partial charge in [-0.2, -0.15) is 0 Å². The summed E-state index contributed by atoms with van der Waals surface area (Å²) in [7, 11) is 0. The van der Waals surface area contributed by atoms with E-state index >= 15 is 0 Å². The van der Waals surface area contributed by atoms with Crippen LogP contribution in [0.3, 0.4) is 0 Å². The highest BCUT2D eigenvalue weighted by atomic mass is 19.1. The number of amides is 1. The number of aromatic nitrogens is 1. The number of ether oxygens (including phenoxy) is 2. The minimum atomic E-state index is -0.312. The van der Waals surface area contributed by atoms with Crippen LogP contribution in [0.5, 0.6) is 11.5 Å². The van der Waals surface area contributed by atoms with Crippen LogP contribution < -0.4 is 14.8 Å². The van der Waals surface area contributed by atoms with Gasteiger partial charge in [-0.25, -0.2) is 9.37 Å². The number of halogens is 1. The molecule has 0 saturated carbocycles. The number of carbonyl (C=O) groups excluding carboxylic acids is 1. The van der Waals surface area contributed by atoms with Gasteiger partial charge in [0.15, 0.2) is 23.1 Å². The summed E-state index contributed by atoms with van der Waals surface area (Å²) in [5.74, 6) is 1.80. The number of nitrogens with zero attached hydrogens (tertiary/aromatic N) is 1. The second-order valence-electron chi connectivity index (χ2n) is 7.03. The van der Waals surface area contributed by atoms with Gasteiger partial charge in [0.2, 0.25) is 5.91 Å². The Morgan fingerprint density at radius 1 is 1.03 bits per heavy atom. The summed E-state index contributed by atoms with van der Waals surface area (Å²) in [4.78, 5) is 16.6. The van der Waals surface area contributed by atoms with Crippen molar-refractivity contribution >= 4 is 11.6 Å². The highest BCUT2D eigenvalue weighted by Crippen LogP contribution is 2.31. The number of nitrogens with one attached hydrogen (secondary N) is 1. The fourth-order valence-corrected chi connectivity index (χ4v) is 2.86. The second kappa shape index (κ2) is 11.2. The van der Waals surface area contributed by atoms with Crippen LogP contribution in [0.15, 0.2) is 53.1 Å². The lowest BCUT2D eigenvalue weighted by Crippen LogP contribution is -2.12. The van der Waals surface area contributed by atoms with Crippen LogP contribution in [-0.2, 0) is 11.2 Å². The van der Waals surface area contributed by atoms with Gasteiger partial charge in [0.05, 0.1) is 19.4 Å². The van der Waals surface area contributed by atoms with E-state index in [1.807, 2.05) is 13.8 Å². The standard InChI is InChI=1S/C24H27FN2O4/c1-3-13-29-20-10-9-19(15-21(20)30-14-4-2)27-23(28)11-12-24-26-16-22(31-24)17-5-7-18(25)8-6-17/h5-10,15-16H,3-4,11-14H2,1-2H3,(H,27,28). The number of carbonyl (C=O) groups is 1. The molecule has 0 bridgehead atoms. The summed E-state index contributed by atoms with van der Waals surface area (Å²) >= 11 is 0. The molecule has 6 nitrogen and oxygen atoms in total. The van der Waals surface area contributed by atoms with Crippen molar-refractivity contribution in [2.75, 3.05) is 18.5 Å². The smallest absolute Gasteiger partial charge is 0.224 e. The highest BCUT2D eigenvalue weighted by Gasteiger charge is 2.12. The van der Waals surface area contributed by atoms with Gasteiger partial charge < -0.3 is 19.2 Å². The number of rotatable bonds is 11. The fourth-order valence-electron chi connectivity index (χ4n) is 2.86. The van der Waals surface area contributed by atoms with E-state index in [1.54, 1.807) is 36.5 Å². The SMILES string of the molecule is CCCOc1ccc(NC(=O)CCc2ncc(-c3ccc(F)cc3)o2)cc1OCCC. The maximum atomic E-state index is 13.1. The maximum Gasteiger partial charge on any atom is 0.224 e. The molecule has 3 aromatic rings. The predicted octanol–water partition coefficient (Wildman–Crippen LogP) is 5.63. The summed E-state index contributed by atoms with van der Waals surface area (Å²) in [6, 6.07) is 11.3. The Morgan fingerprint density at radius 3 is 2.45 bits per heavy atom. The molecule has 0 aliphatic heterocycles. The van der Waals surface area contributed by atoms with Crippen molar-refractivity contribution in [3.8, 4) is 22.8 Å². The summed E-state index contributed by atoms with van der Waals surface area (Å²) < 4.78 is 30.2. The molecule has 0 aliphatic rings. The molecule has 1 N–H and O–H groups in total. The minimum Gasteiger partial charge on any atom is -0.490 e. The van der Waals surface area contributed by atoms with E-state index in [9.17, 15) is 9.18 Å². The molecule has 3 rings (SSSR count). The van der Waals surface area contributed by atoms with E-state index in [0.717, 1.165) is 18.4 Å². The monoisotopic (exact) mass is 426 g/mol. The van der Waals surface area contributed by atoms with Crippen molar-refractivity contribution in [2.45, 2.75) is 39.5 Å². The summed E-state index contributed by atoms with van der Waals surface area (Å²) in [6.07, 6.45) is 3.91. The molecule has 1 heterocycles. The largest absolute Gasteiger partial charge is 0.490 e. The first kappa shape index (κ1) is 22.3. The van der Waals surface area contributed by atoms with E-state index in [0.29, 0.717) is 48.5 Å². The summed E-state index contributed by atoms with van der Waals surface area (Å²) in [5.41, 5.74) is 1.37. The number of hydrogen-bond donors (Lipinski definition) is 1. The number of anilines is 1. The van der Waals surface area contributed by atoms with Crippen molar-refractivity contribution in [3.63, 3.8) is 0 Å². The number of oxazole rings is 1. The number of hydrogen-bond acceptors (Lipinski definition) is 5. The first-order valence-corrected chi connectivity index (χ1v) is 10.5. The van der Waals surface area contributed by atoms with Crippen LogP contribution in [0.4, 0.5) is 10.1 Å². The normalized spacial score (nSPS) is 10.7. The van der Waals surface area contributed by atoms with Gasteiger partial charge in [-0.15, -0.1) is 0 Å². The maximum absolute atomic E-state index is 13.1. The Balaban J connectivity index is 1.57. The van der Waals surface area contributed by atoms with Gasteiger partial charge in [0, 0.05) is 30.2 Å². The zero-order valence-corrected chi connectivity index (χ0v) is 17.8. The second-order valence-corrected chi connectivity index (χ2v) is 7.03. The van der Waals surface area contributed by atoms with Gasteiger partial charge in [-0.1, -0.05) is 13.8 Å². The molecular weight excluding hydrogens is 399 g/mol. The fraction of sp³-hybridized carbons (Fsp3) is 0.333. The average molecular weight is 426 g/mol. The zero-order valence-electron chi connectivity index (χ0n) is 17.8. The van der Waals surface area contributed by atoms with Crippen molar-refractivity contribution in [2.24, 2.45) is 0 Å². The Bertz CT molecular complexity index is 985. The molecule has 164 valence electrons. The molecule has 0 atom stereocenters. The topological polar surface area (TPSA) is 73.6 Å². The number of benzene rings is 2. The molecule has 1 amide bonds. The third-order valence-corrected chi connectivity index (χ3v) is 4.40. The predicted molar refractivity (Wildman–Crippen MR) is 117 cm³/mol. The molecule has 2 aromatic carbocycles. The van der Waals surface area contributed by atoms with Gasteiger partial charge in [-0.05, 0) is 49.2 Å². The molecule has 31 heavy (non-hydrogen) atoms. The molecule has 0 aliphatic carbocycles. The van der Waals surface area contributed by atoms with E-state index in [1.165, 1.54) is 12.1 Å². The average Bonchev–Trinajstić information content (AvgIpc) is 3.25. The molecule has 0 spiro atoms. The van der Waals surface area contributed by atoms with Crippen LogP contribution in [0.1, 0.15) is 39.0 Å². The lowest BCUT2D eigenvalue weighted by Gasteiger charge is -2.14. The highest BCUT2D eigenvalue weighted by molar-refractivity contribution is 5.91. The number of aryl methyl sites for hydroxylation is 1. The van der Waals surface area contributed by atoms with Crippen LogP contribution in [0.25, 0.3) is 11.3 Å². The lowest BCUT2D eigenvalue weighted by molar-refractivity contribution is -0.116. The molecular formula is C24H27FN2O4. The minimum absolute atomic E-state index is 0.162. The van der Waals surface area contributed by atoms with Gasteiger partial charge in [0.1, 0.15) is 5.82 Å². The van der Waals surface area contributed by atoms with Crippen molar-refractivity contribution in [1.82, 2.24) is 4.98 Å². The third kappa shape index (κ3) is 6.57. The third-order valence-electron chi connectivity index (χ3n) is 4.40. The first-order valence-electron chi connectivity index (χ1n) is 10.5. The zero-order chi connectivity index (χ0) is 22.1. The molecule has 0 saturated heterocycles. The first-order chi connectivity index (χ1) is 15.1.